The van der Waals surface area contributed by atoms with Crippen molar-refractivity contribution in [2.45, 2.75) is 46.1 Å². The van der Waals surface area contributed by atoms with E-state index in [1.807, 2.05) is 6.92 Å². The van der Waals surface area contributed by atoms with Crippen LogP contribution in [-0.4, -0.2) is 55.6 Å². The zero-order valence-corrected chi connectivity index (χ0v) is 13.6. The number of imide groups is 1. The van der Waals surface area contributed by atoms with Gasteiger partial charge in [0.2, 0.25) is 5.91 Å². The van der Waals surface area contributed by atoms with Crippen LogP contribution in [0, 0.1) is 5.92 Å². The number of amides is 3. The predicted molar refractivity (Wildman–Crippen MR) is 84.1 cm³/mol. The Hall–Kier alpha value is -1.14. The van der Waals surface area contributed by atoms with Crippen molar-refractivity contribution in [3.05, 3.63) is 0 Å². The van der Waals surface area contributed by atoms with Gasteiger partial charge < -0.3 is 10.6 Å². The van der Waals surface area contributed by atoms with Crippen LogP contribution in [-0.2, 0) is 4.79 Å². The topological polar surface area (TPSA) is 73.5 Å². The van der Waals surface area contributed by atoms with E-state index in [1.54, 1.807) is 0 Å². The van der Waals surface area contributed by atoms with Crippen LogP contribution in [0.25, 0.3) is 0 Å². The van der Waals surface area contributed by atoms with Gasteiger partial charge in [-0.25, -0.2) is 4.79 Å². The van der Waals surface area contributed by atoms with Gasteiger partial charge in [0, 0.05) is 19.1 Å². The highest BCUT2D eigenvalue weighted by Gasteiger charge is 2.19. The molecular weight excluding hydrogens is 268 g/mol. The molecule has 6 heteroatoms. The van der Waals surface area contributed by atoms with E-state index in [2.05, 4.69) is 34.7 Å². The SMILES string of the molecule is CCN(CC(=O)NC(=O)NCCC(C)C)CC1CCCN1. The molecule has 0 aliphatic carbocycles. The third-order valence-corrected chi connectivity index (χ3v) is 3.72. The Morgan fingerprint density at radius 2 is 2.14 bits per heavy atom. The van der Waals surface area contributed by atoms with Gasteiger partial charge in [-0.2, -0.15) is 0 Å². The minimum atomic E-state index is -0.393. The Bertz CT molecular complexity index is 328. The largest absolute Gasteiger partial charge is 0.338 e. The van der Waals surface area contributed by atoms with E-state index >= 15 is 0 Å². The Labute approximate surface area is 128 Å². The normalized spacial score (nSPS) is 18.2. The van der Waals surface area contributed by atoms with Gasteiger partial charge in [-0.15, -0.1) is 0 Å². The molecule has 1 fully saturated rings. The zero-order valence-electron chi connectivity index (χ0n) is 13.6. The van der Waals surface area contributed by atoms with Crippen molar-refractivity contribution in [1.29, 1.82) is 0 Å². The van der Waals surface area contributed by atoms with Crippen molar-refractivity contribution in [3.8, 4) is 0 Å². The van der Waals surface area contributed by atoms with E-state index in [0.717, 1.165) is 32.5 Å². The Kier molecular flexibility index (Phi) is 8.30. The number of hydrogen-bond acceptors (Lipinski definition) is 4. The maximum Gasteiger partial charge on any atom is 0.321 e. The van der Waals surface area contributed by atoms with E-state index in [9.17, 15) is 9.59 Å². The Morgan fingerprint density at radius 1 is 1.38 bits per heavy atom. The standard InChI is InChI=1S/C15H30N4O2/c1-4-19(10-13-6-5-8-16-13)11-14(20)18-15(21)17-9-7-12(2)3/h12-13,16H,4-11H2,1-3H3,(H2,17,18,20,21). The lowest BCUT2D eigenvalue weighted by atomic mass is 10.1. The van der Waals surface area contributed by atoms with Crippen molar-refractivity contribution in [2.75, 3.05) is 32.7 Å². The van der Waals surface area contributed by atoms with Crippen LogP contribution in [0.2, 0.25) is 0 Å². The van der Waals surface area contributed by atoms with Gasteiger partial charge in [-0.3, -0.25) is 15.0 Å². The molecule has 0 saturated carbocycles. The maximum atomic E-state index is 11.9. The molecule has 0 spiro atoms. The third kappa shape index (κ3) is 8.02. The molecule has 1 aliphatic rings. The molecule has 0 aromatic carbocycles. The first kappa shape index (κ1) is 17.9. The summed E-state index contributed by atoms with van der Waals surface area (Å²) in [6.45, 7) is 9.82. The highest BCUT2D eigenvalue weighted by Crippen LogP contribution is 2.06. The Balaban J connectivity index is 2.21. The number of carbonyl (C=O) groups is 2. The summed E-state index contributed by atoms with van der Waals surface area (Å²) in [6.07, 6.45) is 3.27. The van der Waals surface area contributed by atoms with Crippen molar-refractivity contribution in [1.82, 2.24) is 20.9 Å². The highest BCUT2D eigenvalue weighted by atomic mass is 16.2. The summed E-state index contributed by atoms with van der Waals surface area (Å²) in [7, 11) is 0. The molecule has 1 atom stereocenters. The van der Waals surface area contributed by atoms with Crippen molar-refractivity contribution in [2.24, 2.45) is 5.92 Å². The minimum Gasteiger partial charge on any atom is -0.338 e. The summed E-state index contributed by atoms with van der Waals surface area (Å²) in [5.41, 5.74) is 0. The number of likely N-dealkylation sites (N-methyl/N-ethyl adjacent to an activating group) is 1. The number of hydrogen-bond donors (Lipinski definition) is 3. The van der Waals surface area contributed by atoms with Gasteiger partial charge in [-0.05, 0) is 38.3 Å². The molecule has 0 aromatic rings. The lowest BCUT2D eigenvalue weighted by Crippen LogP contribution is -2.47. The van der Waals surface area contributed by atoms with Crippen LogP contribution in [0.4, 0.5) is 4.79 Å². The molecule has 6 nitrogen and oxygen atoms in total. The first-order chi connectivity index (χ1) is 10.0. The first-order valence-corrected chi connectivity index (χ1v) is 8.04. The molecule has 3 N–H and O–H groups in total. The van der Waals surface area contributed by atoms with E-state index in [1.165, 1.54) is 6.42 Å². The molecule has 1 aliphatic heterocycles. The van der Waals surface area contributed by atoms with Gasteiger partial charge in [0.05, 0.1) is 6.54 Å². The number of urea groups is 1. The Morgan fingerprint density at radius 3 is 2.71 bits per heavy atom. The fourth-order valence-electron chi connectivity index (χ4n) is 2.42. The van der Waals surface area contributed by atoms with Gasteiger partial charge in [-0.1, -0.05) is 20.8 Å². The third-order valence-electron chi connectivity index (χ3n) is 3.72. The lowest BCUT2D eigenvalue weighted by Gasteiger charge is -2.23. The predicted octanol–water partition coefficient (Wildman–Crippen LogP) is 0.932. The fraction of sp³-hybridized carbons (Fsp3) is 0.867. The van der Waals surface area contributed by atoms with Crippen LogP contribution in [0.3, 0.4) is 0 Å². The van der Waals surface area contributed by atoms with Crippen LogP contribution in [0.15, 0.2) is 0 Å². The molecule has 1 unspecified atom stereocenters. The molecule has 1 saturated heterocycles. The molecule has 1 rings (SSSR count). The van der Waals surface area contributed by atoms with Crippen LogP contribution >= 0.6 is 0 Å². The van der Waals surface area contributed by atoms with Crippen LogP contribution < -0.4 is 16.0 Å². The summed E-state index contributed by atoms with van der Waals surface area (Å²) in [5, 5.41) is 8.52. The van der Waals surface area contributed by atoms with E-state index in [4.69, 9.17) is 0 Å². The molecule has 21 heavy (non-hydrogen) atoms. The monoisotopic (exact) mass is 298 g/mol. The second-order valence-corrected chi connectivity index (χ2v) is 6.11. The quantitative estimate of drug-likeness (QED) is 0.623. The zero-order chi connectivity index (χ0) is 15.7. The van der Waals surface area contributed by atoms with E-state index in [-0.39, 0.29) is 12.5 Å². The fourth-order valence-corrected chi connectivity index (χ4v) is 2.42. The summed E-state index contributed by atoms with van der Waals surface area (Å²) in [5.74, 6) is 0.299. The molecular formula is C15H30N4O2. The molecule has 3 amide bonds. The maximum absolute atomic E-state index is 11.9. The lowest BCUT2D eigenvalue weighted by molar-refractivity contribution is -0.121. The second-order valence-electron chi connectivity index (χ2n) is 6.11. The average Bonchev–Trinajstić information content (AvgIpc) is 2.90. The van der Waals surface area contributed by atoms with Gasteiger partial charge in [0.15, 0.2) is 0 Å². The molecule has 122 valence electrons. The second kappa shape index (κ2) is 9.73. The number of rotatable bonds is 8. The molecule has 0 bridgehead atoms. The van der Waals surface area contributed by atoms with Crippen LogP contribution in [0.1, 0.15) is 40.0 Å². The van der Waals surface area contributed by atoms with Crippen molar-refractivity contribution >= 4 is 11.9 Å². The van der Waals surface area contributed by atoms with Crippen molar-refractivity contribution < 1.29 is 9.59 Å². The van der Waals surface area contributed by atoms with Crippen molar-refractivity contribution in [3.63, 3.8) is 0 Å². The van der Waals surface area contributed by atoms with Gasteiger partial charge in [0.25, 0.3) is 0 Å². The summed E-state index contributed by atoms with van der Waals surface area (Å²) in [4.78, 5) is 25.5. The average molecular weight is 298 g/mol. The molecule has 0 radical (unpaired) electrons. The highest BCUT2D eigenvalue weighted by molar-refractivity contribution is 5.95. The number of nitrogens with zero attached hydrogens (tertiary/aromatic N) is 1. The number of carbonyl (C=O) groups excluding carboxylic acids is 2. The van der Waals surface area contributed by atoms with Gasteiger partial charge >= 0.3 is 6.03 Å². The van der Waals surface area contributed by atoms with Crippen LogP contribution in [0.5, 0.6) is 0 Å². The smallest absolute Gasteiger partial charge is 0.321 e. The summed E-state index contributed by atoms with van der Waals surface area (Å²) >= 11 is 0. The molecule has 0 aromatic heterocycles. The molecule has 1 heterocycles. The minimum absolute atomic E-state index is 0.239. The summed E-state index contributed by atoms with van der Waals surface area (Å²) < 4.78 is 0. The van der Waals surface area contributed by atoms with Gasteiger partial charge in [0.1, 0.15) is 0 Å². The van der Waals surface area contributed by atoms with E-state index in [0.29, 0.717) is 18.5 Å². The van der Waals surface area contributed by atoms with E-state index < -0.39 is 6.03 Å². The first-order valence-electron chi connectivity index (χ1n) is 8.04. The summed E-state index contributed by atoms with van der Waals surface area (Å²) in [6, 6.07) is 0.0771. The number of nitrogens with one attached hydrogen (secondary N) is 3.